The van der Waals surface area contributed by atoms with Gasteiger partial charge >= 0.3 is 17.8 Å². The number of pyridine rings is 1. The number of benzene rings is 2. The Bertz CT molecular complexity index is 1890. The van der Waals surface area contributed by atoms with Crippen LogP contribution in [-0.2, 0) is 28.7 Å². The summed E-state index contributed by atoms with van der Waals surface area (Å²) in [4.78, 5) is 27.9. The molecule has 0 unspecified atom stereocenters. The number of carbonyl (C=O) groups is 1. The number of nitrogens with one attached hydrogen (secondary N) is 1. The molecule has 2 aromatic carbocycles. The first kappa shape index (κ1) is 28.8. The number of carbonyl (C=O) groups excluding carboxylic acids is 1. The number of allylic oxidation sites excluding steroid dienone is 1. The van der Waals surface area contributed by atoms with Gasteiger partial charge in [-0.2, -0.15) is 23.7 Å². The van der Waals surface area contributed by atoms with Crippen LogP contribution in [0.1, 0.15) is 40.8 Å². The third kappa shape index (κ3) is 5.36. The summed E-state index contributed by atoms with van der Waals surface area (Å²) in [6, 6.07) is 15.7. The van der Waals surface area contributed by atoms with Crippen LogP contribution >= 0.6 is 0 Å². The molecule has 0 saturated heterocycles. The van der Waals surface area contributed by atoms with Crippen LogP contribution in [0.5, 0.6) is 0 Å². The number of methoxy groups -OCH3 is 1. The van der Waals surface area contributed by atoms with Gasteiger partial charge in [-0.3, -0.25) is 4.90 Å². The summed E-state index contributed by atoms with van der Waals surface area (Å²) < 4.78 is 48.9. The first-order chi connectivity index (χ1) is 20.6. The number of hydrogen-bond donors (Lipinski definition) is 1. The van der Waals surface area contributed by atoms with Gasteiger partial charge in [0.2, 0.25) is 5.95 Å². The highest BCUT2D eigenvalue weighted by atomic mass is 19.4. The van der Waals surface area contributed by atoms with E-state index in [1.807, 2.05) is 4.57 Å². The van der Waals surface area contributed by atoms with Gasteiger partial charge in [0.05, 0.1) is 41.5 Å². The lowest BCUT2D eigenvalue weighted by Crippen LogP contribution is -2.38. The summed E-state index contributed by atoms with van der Waals surface area (Å²) in [5.74, 6) is -0.828. The average Bonchev–Trinajstić information content (AvgIpc) is 3.39. The summed E-state index contributed by atoms with van der Waals surface area (Å²) >= 11 is 0. The standard InChI is InChI=1S/C30H22F3N7O3/c1-18-25(27(41)43-2)26(24-7-6-20(17-35)14-21(24)10-13-38-11-8-19(16-34)9-12-38)40-28(36-37-29(40)42)39(18)23-5-3-4-22(15-23)30(31,32)33/h3-9,11-12,14-15,26H,10,13H2,1-2H3/p+1/t26-/m1/s1. The van der Waals surface area contributed by atoms with Gasteiger partial charge in [0.1, 0.15) is 6.04 Å². The van der Waals surface area contributed by atoms with Crippen molar-refractivity contribution >= 4 is 17.6 Å². The van der Waals surface area contributed by atoms with E-state index in [9.17, 15) is 28.0 Å². The second kappa shape index (κ2) is 11.3. The number of fused-ring (bicyclic) bond motifs is 1. The molecular weight excluding hydrogens is 563 g/mol. The molecule has 0 saturated carbocycles. The topological polar surface area (TPSA) is 132 Å². The van der Waals surface area contributed by atoms with E-state index in [2.05, 4.69) is 22.3 Å². The highest BCUT2D eigenvalue weighted by Gasteiger charge is 2.41. The second-order valence-corrected chi connectivity index (χ2v) is 9.69. The second-order valence-electron chi connectivity index (χ2n) is 9.69. The number of esters is 1. The van der Waals surface area contributed by atoms with E-state index in [1.54, 1.807) is 42.7 Å². The average molecular weight is 587 g/mol. The van der Waals surface area contributed by atoms with Crippen LogP contribution in [0.15, 0.2) is 83.1 Å². The number of nitriles is 2. The predicted molar refractivity (Wildman–Crippen MR) is 145 cm³/mol. The summed E-state index contributed by atoms with van der Waals surface area (Å²) in [6.07, 6.45) is -0.789. The maximum atomic E-state index is 13.6. The fraction of sp³-hybridized carbons (Fsp3) is 0.200. The Kier molecular flexibility index (Phi) is 7.57. The van der Waals surface area contributed by atoms with Crippen molar-refractivity contribution in [2.45, 2.75) is 32.1 Å². The molecule has 5 rings (SSSR count). The molecule has 1 aliphatic rings. The maximum Gasteiger partial charge on any atom is 0.416 e. The van der Waals surface area contributed by atoms with Gasteiger partial charge < -0.3 is 4.74 Å². The molecule has 43 heavy (non-hydrogen) atoms. The summed E-state index contributed by atoms with van der Waals surface area (Å²) in [6.45, 7) is 1.97. The first-order valence-electron chi connectivity index (χ1n) is 12.9. The minimum Gasteiger partial charge on any atom is -0.466 e. The molecule has 0 radical (unpaired) electrons. The Morgan fingerprint density at radius 3 is 2.47 bits per heavy atom. The van der Waals surface area contributed by atoms with Crippen LogP contribution in [0.3, 0.4) is 0 Å². The Morgan fingerprint density at radius 2 is 1.81 bits per heavy atom. The van der Waals surface area contributed by atoms with E-state index in [4.69, 9.17) is 10.00 Å². The van der Waals surface area contributed by atoms with E-state index in [0.29, 0.717) is 35.2 Å². The van der Waals surface area contributed by atoms with Crippen molar-refractivity contribution in [3.05, 3.63) is 117 Å². The number of rotatable bonds is 6. The Hall–Kier alpha value is -5.69. The molecule has 1 atom stereocenters. The van der Waals surface area contributed by atoms with E-state index >= 15 is 0 Å². The zero-order valence-corrected chi connectivity index (χ0v) is 22.9. The van der Waals surface area contributed by atoms with Crippen LogP contribution in [-0.4, -0.2) is 27.8 Å². The zero-order valence-electron chi connectivity index (χ0n) is 22.9. The number of ether oxygens (including phenoxy) is 1. The highest BCUT2D eigenvalue weighted by Crippen LogP contribution is 2.43. The molecular formula is C30H23F3N7O3+. The molecule has 0 spiro atoms. The van der Waals surface area contributed by atoms with E-state index in [-0.39, 0.29) is 22.9 Å². The smallest absolute Gasteiger partial charge is 0.416 e. The van der Waals surface area contributed by atoms with Crippen LogP contribution in [0.4, 0.5) is 24.8 Å². The van der Waals surface area contributed by atoms with Crippen molar-refractivity contribution in [3.8, 4) is 12.1 Å². The molecule has 1 N–H and O–H groups in total. The van der Waals surface area contributed by atoms with Crippen molar-refractivity contribution < 1.29 is 27.3 Å². The lowest BCUT2D eigenvalue weighted by atomic mass is 9.89. The summed E-state index contributed by atoms with van der Waals surface area (Å²) in [5, 5.41) is 25.2. The Morgan fingerprint density at radius 1 is 1.09 bits per heavy atom. The highest BCUT2D eigenvalue weighted by molar-refractivity contribution is 5.93. The molecule has 0 bridgehead atoms. The first-order valence-corrected chi connectivity index (χ1v) is 12.9. The van der Waals surface area contributed by atoms with E-state index in [0.717, 1.165) is 12.1 Å². The molecule has 3 heterocycles. The lowest BCUT2D eigenvalue weighted by molar-refractivity contribution is -0.696. The third-order valence-electron chi connectivity index (χ3n) is 7.21. The van der Waals surface area contributed by atoms with E-state index < -0.39 is 29.4 Å². The minimum absolute atomic E-state index is 0.00731. The molecule has 0 amide bonds. The lowest BCUT2D eigenvalue weighted by Gasteiger charge is -2.36. The Labute approximate surface area is 243 Å². The number of aromatic nitrogens is 4. The summed E-state index contributed by atoms with van der Waals surface area (Å²) in [5.41, 5.74) is 0.609. The molecule has 0 aliphatic carbocycles. The van der Waals surface area contributed by atoms with Crippen molar-refractivity contribution in [3.63, 3.8) is 0 Å². The van der Waals surface area contributed by atoms with Crippen LogP contribution in [0, 0.1) is 22.7 Å². The van der Waals surface area contributed by atoms with Gasteiger partial charge in [0.25, 0.3) is 0 Å². The predicted octanol–water partition coefficient (Wildman–Crippen LogP) is 4.05. The van der Waals surface area contributed by atoms with Crippen molar-refractivity contribution in [2.75, 3.05) is 12.0 Å². The molecule has 13 heteroatoms. The van der Waals surface area contributed by atoms with Crippen LogP contribution in [0.2, 0.25) is 0 Å². The quantitative estimate of drug-likeness (QED) is 0.266. The largest absolute Gasteiger partial charge is 0.466 e. The van der Waals surface area contributed by atoms with Crippen LogP contribution < -0.4 is 15.2 Å². The number of anilines is 2. The van der Waals surface area contributed by atoms with E-state index in [1.165, 1.54) is 35.6 Å². The molecule has 4 aromatic rings. The molecule has 1 aliphatic heterocycles. The van der Waals surface area contributed by atoms with Crippen molar-refractivity contribution in [1.29, 1.82) is 10.5 Å². The number of nitrogens with zero attached hydrogens (tertiary/aromatic N) is 6. The molecule has 216 valence electrons. The monoisotopic (exact) mass is 586 g/mol. The van der Waals surface area contributed by atoms with Gasteiger partial charge in [0, 0.05) is 29.9 Å². The van der Waals surface area contributed by atoms with Gasteiger partial charge in [-0.1, -0.05) is 12.1 Å². The maximum absolute atomic E-state index is 13.6. The SMILES string of the molecule is COC(=O)C1=C(C)N(c2cccc(C(F)(F)F)c2)c2n[nH]c(=O)n2[C@@H]1c1ccc(C#N)cc1CC[n+]1ccc(C#N)cc1. The third-order valence-corrected chi connectivity index (χ3v) is 7.21. The Balaban J connectivity index is 1.69. The number of aromatic amines is 1. The molecule has 0 fully saturated rings. The number of hydrogen-bond acceptors (Lipinski definition) is 7. The summed E-state index contributed by atoms with van der Waals surface area (Å²) in [7, 11) is 1.17. The number of alkyl halides is 3. The minimum atomic E-state index is -4.63. The zero-order chi connectivity index (χ0) is 30.9. The molecule has 10 nitrogen and oxygen atoms in total. The normalized spacial score (nSPS) is 14.6. The molecule has 2 aromatic heterocycles. The van der Waals surface area contributed by atoms with Crippen molar-refractivity contribution in [2.24, 2.45) is 0 Å². The van der Waals surface area contributed by atoms with Gasteiger partial charge in [0.15, 0.2) is 18.9 Å². The van der Waals surface area contributed by atoms with Crippen molar-refractivity contribution in [1.82, 2.24) is 14.8 Å². The number of halogens is 3. The number of H-pyrrole nitrogens is 1. The van der Waals surface area contributed by atoms with Gasteiger partial charge in [-0.05, 0) is 48.4 Å². The van der Waals surface area contributed by atoms with Gasteiger partial charge in [-0.15, -0.1) is 5.10 Å². The van der Waals surface area contributed by atoms with Gasteiger partial charge in [-0.25, -0.2) is 23.8 Å². The number of aryl methyl sites for hydroxylation is 2. The van der Waals surface area contributed by atoms with Crippen LogP contribution in [0.25, 0.3) is 0 Å². The fourth-order valence-electron chi connectivity index (χ4n) is 5.17. The fourth-order valence-corrected chi connectivity index (χ4v) is 5.17.